The lowest BCUT2D eigenvalue weighted by Gasteiger charge is -2.25. The first-order chi connectivity index (χ1) is 7.23. The van der Waals surface area contributed by atoms with E-state index in [1.54, 1.807) is 6.07 Å². The van der Waals surface area contributed by atoms with Crippen molar-refractivity contribution in [3.8, 4) is 5.75 Å². The predicted molar refractivity (Wildman–Crippen MR) is 59.7 cm³/mol. The monoisotopic (exact) mass is 203 g/mol. The second kappa shape index (κ2) is 2.99. The second-order valence-electron chi connectivity index (χ2n) is 5.13. The first-order valence-corrected chi connectivity index (χ1v) is 5.74. The van der Waals surface area contributed by atoms with Gasteiger partial charge in [-0.15, -0.1) is 0 Å². The van der Waals surface area contributed by atoms with Crippen LogP contribution in [0.5, 0.6) is 5.75 Å². The number of aryl methyl sites for hydroxylation is 1. The SMILES string of the molecule is NCC1CC12CCc1cc(O)ccc1C2. The number of hydrogen-bond donors (Lipinski definition) is 2. The summed E-state index contributed by atoms with van der Waals surface area (Å²) in [7, 11) is 0. The average molecular weight is 203 g/mol. The van der Waals surface area contributed by atoms with Crippen molar-refractivity contribution in [2.24, 2.45) is 17.1 Å². The molecule has 3 N–H and O–H groups in total. The third-order valence-electron chi connectivity index (χ3n) is 4.27. The van der Waals surface area contributed by atoms with Crippen LogP contribution >= 0.6 is 0 Å². The molecule has 2 heteroatoms. The van der Waals surface area contributed by atoms with Gasteiger partial charge in [-0.1, -0.05) is 6.07 Å². The minimum atomic E-state index is 0.399. The van der Waals surface area contributed by atoms with Gasteiger partial charge in [0.2, 0.25) is 0 Å². The maximum Gasteiger partial charge on any atom is 0.115 e. The van der Waals surface area contributed by atoms with Gasteiger partial charge in [0, 0.05) is 0 Å². The highest BCUT2D eigenvalue weighted by Gasteiger charge is 2.53. The Labute approximate surface area is 90.1 Å². The van der Waals surface area contributed by atoms with Gasteiger partial charge >= 0.3 is 0 Å². The minimum absolute atomic E-state index is 0.399. The molecule has 2 unspecified atom stereocenters. The number of aromatic hydroxyl groups is 1. The van der Waals surface area contributed by atoms with Gasteiger partial charge in [-0.2, -0.15) is 0 Å². The van der Waals surface area contributed by atoms with Crippen LogP contribution in [0.2, 0.25) is 0 Å². The molecule has 1 saturated carbocycles. The number of phenols is 1. The van der Waals surface area contributed by atoms with Crippen LogP contribution in [0.4, 0.5) is 0 Å². The Balaban J connectivity index is 1.88. The van der Waals surface area contributed by atoms with Crippen molar-refractivity contribution in [1.29, 1.82) is 0 Å². The van der Waals surface area contributed by atoms with Crippen molar-refractivity contribution in [3.05, 3.63) is 29.3 Å². The van der Waals surface area contributed by atoms with Gasteiger partial charge in [0.25, 0.3) is 0 Å². The Bertz CT molecular complexity index is 402. The summed E-state index contributed by atoms with van der Waals surface area (Å²) in [5.74, 6) is 1.15. The average Bonchev–Trinajstić information content (AvgIpc) is 2.92. The summed E-state index contributed by atoms with van der Waals surface area (Å²) in [5.41, 5.74) is 9.03. The molecule has 2 aliphatic carbocycles. The van der Waals surface area contributed by atoms with E-state index in [4.69, 9.17) is 5.73 Å². The maximum atomic E-state index is 9.41. The van der Waals surface area contributed by atoms with Gasteiger partial charge in [-0.25, -0.2) is 0 Å². The molecule has 0 aliphatic heterocycles. The molecule has 3 rings (SSSR count). The van der Waals surface area contributed by atoms with Crippen LogP contribution in [0.15, 0.2) is 18.2 Å². The first-order valence-electron chi connectivity index (χ1n) is 5.74. The number of rotatable bonds is 1. The van der Waals surface area contributed by atoms with Gasteiger partial charge < -0.3 is 10.8 Å². The lowest BCUT2D eigenvalue weighted by molar-refractivity contribution is 0.393. The molecule has 0 radical (unpaired) electrons. The maximum absolute atomic E-state index is 9.41. The molecule has 15 heavy (non-hydrogen) atoms. The summed E-state index contributed by atoms with van der Waals surface area (Å²) in [4.78, 5) is 0. The number of hydrogen-bond acceptors (Lipinski definition) is 2. The van der Waals surface area contributed by atoms with Gasteiger partial charge in [0.1, 0.15) is 5.75 Å². The summed E-state index contributed by atoms with van der Waals surface area (Å²) in [6.07, 6.45) is 4.85. The Morgan fingerprint density at radius 3 is 3.00 bits per heavy atom. The van der Waals surface area contributed by atoms with Crippen LogP contribution in [0, 0.1) is 11.3 Å². The second-order valence-corrected chi connectivity index (χ2v) is 5.13. The number of nitrogens with two attached hydrogens (primary N) is 1. The van der Waals surface area contributed by atoms with Gasteiger partial charge in [-0.05, 0) is 66.8 Å². The van der Waals surface area contributed by atoms with Crippen molar-refractivity contribution in [1.82, 2.24) is 0 Å². The van der Waals surface area contributed by atoms with E-state index in [-0.39, 0.29) is 0 Å². The van der Waals surface area contributed by atoms with Crippen molar-refractivity contribution in [3.63, 3.8) is 0 Å². The summed E-state index contributed by atoms with van der Waals surface area (Å²) in [5, 5.41) is 9.41. The molecule has 1 fully saturated rings. The lowest BCUT2D eigenvalue weighted by atomic mass is 9.80. The van der Waals surface area contributed by atoms with Crippen LogP contribution in [0.25, 0.3) is 0 Å². The van der Waals surface area contributed by atoms with E-state index >= 15 is 0 Å². The van der Waals surface area contributed by atoms with Crippen LogP contribution in [-0.4, -0.2) is 11.7 Å². The van der Waals surface area contributed by atoms with Crippen molar-refractivity contribution < 1.29 is 5.11 Å². The van der Waals surface area contributed by atoms with Crippen LogP contribution in [0.1, 0.15) is 24.0 Å². The lowest BCUT2D eigenvalue weighted by Crippen LogP contribution is -2.20. The fourth-order valence-corrected chi connectivity index (χ4v) is 3.16. The zero-order chi connectivity index (χ0) is 10.5. The first kappa shape index (κ1) is 9.22. The molecule has 2 aliphatic rings. The van der Waals surface area contributed by atoms with E-state index in [1.165, 1.54) is 30.4 Å². The Kier molecular flexibility index (Phi) is 1.84. The molecule has 1 aromatic rings. The molecule has 0 heterocycles. The van der Waals surface area contributed by atoms with Crippen molar-refractivity contribution in [2.75, 3.05) is 6.54 Å². The summed E-state index contributed by atoms with van der Waals surface area (Å²) >= 11 is 0. The molecular weight excluding hydrogens is 186 g/mol. The minimum Gasteiger partial charge on any atom is -0.508 e. The van der Waals surface area contributed by atoms with Gasteiger partial charge in [-0.3, -0.25) is 0 Å². The number of phenolic OH excluding ortho intramolecular Hbond substituents is 1. The van der Waals surface area contributed by atoms with Crippen LogP contribution in [-0.2, 0) is 12.8 Å². The summed E-state index contributed by atoms with van der Waals surface area (Å²) < 4.78 is 0. The highest BCUT2D eigenvalue weighted by molar-refractivity contribution is 5.38. The Morgan fingerprint density at radius 1 is 1.40 bits per heavy atom. The standard InChI is InChI=1S/C13H17NO/c14-8-11-7-13(11)4-3-9-5-12(15)2-1-10(9)6-13/h1-2,5,11,15H,3-4,6-8,14H2. The predicted octanol–water partition coefficient (Wildman–Crippen LogP) is 1.85. The van der Waals surface area contributed by atoms with E-state index in [9.17, 15) is 5.11 Å². The molecule has 0 aromatic heterocycles. The van der Waals surface area contributed by atoms with E-state index in [0.29, 0.717) is 11.2 Å². The number of fused-ring (bicyclic) bond motifs is 1. The van der Waals surface area contributed by atoms with Crippen molar-refractivity contribution >= 4 is 0 Å². The van der Waals surface area contributed by atoms with Gasteiger partial charge in [0.05, 0.1) is 0 Å². The van der Waals surface area contributed by atoms with E-state index in [0.717, 1.165) is 18.9 Å². The highest BCUT2D eigenvalue weighted by atomic mass is 16.3. The Morgan fingerprint density at radius 2 is 2.27 bits per heavy atom. The third-order valence-corrected chi connectivity index (χ3v) is 4.27. The fraction of sp³-hybridized carbons (Fsp3) is 0.538. The molecule has 0 amide bonds. The summed E-state index contributed by atoms with van der Waals surface area (Å²) in [6, 6.07) is 5.80. The fourth-order valence-electron chi connectivity index (χ4n) is 3.16. The normalized spacial score (nSPS) is 32.7. The highest BCUT2D eigenvalue weighted by Crippen LogP contribution is 2.59. The zero-order valence-corrected chi connectivity index (χ0v) is 8.87. The zero-order valence-electron chi connectivity index (χ0n) is 8.87. The van der Waals surface area contributed by atoms with E-state index in [1.807, 2.05) is 6.07 Å². The summed E-state index contributed by atoms with van der Waals surface area (Å²) in [6.45, 7) is 0.841. The topological polar surface area (TPSA) is 46.2 Å². The molecule has 2 nitrogen and oxygen atoms in total. The van der Waals surface area contributed by atoms with Crippen molar-refractivity contribution in [2.45, 2.75) is 25.7 Å². The molecule has 1 aromatic carbocycles. The van der Waals surface area contributed by atoms with Gasteiger partial charge in [0.15, 0.2) is 0 Å². The number of benzene rings is 1. The van der Waals surface area contributed by atoms with Crippen LogP contribution < -0.4 is 5.73 Å². The molecule has 0 saturated heterocycles. The molecule has 80 valence electrons. The van der Waals surface area contributed by atoms with E-state index in [2.05, 4.69) is 6.07 Å². The van der Waals surface area contributed by atoms with Crippen LogP contribution in [0.3, 0.4) is 0 Å². The smallest absolute Gasteiger partial charge is 0.115 e. The third kappa shape index (κ3) is 1.36. The Hall–Kier alpha value is -1.02. The molecule has 2 atom stereocenters. The quantitative estimate of drug-likeness (QED) is 0.731. The van der Waals surface area contributed by atoms with E-state index < -0.39 is 0 Å². The largest absolute Gasteiger partial charge is 0.508 e. The molecular formula is C13H17NO. The molecule has 0 bridgehead atoms. The molecule has 1 spiro atoms.